The van der Waals surface area contributed by atoms with Gasteiger partial charge in [0.2, 0.25) is 0 Å². The van der Waals surface area contributed by atoms with Crippen LogP contribution in [0.15, 0.2) is 34.1 Å². The van der Waals surface area contributed by atoms with E-state index in [1.807, 2.05) is 25.1 Å². The first kappa shape index (κ1) is 12.3. The monoisotopic (exact) mass is 362 g/mol. The van der Waals surface area contributed by atoms with E-state index in [0.29, 0.717) is 0 Å². The van der Waals surface area contributed by atoms with Gasteiger partial charge in [-0.25, -0.2) is 4.39 Å². The molecule has 84 valence electrons. The molecule has 1 atom stereocenters. The zero-order valence-corrected chi connectivity index (χ0v) is 12.5. The lowest BCUT2D eigenvalue weighted by Gasteiger charge is -2.11. The molecule has 0 fully saturated rings. The Morgan fingerprint density at radius 3 is 2.62 bits per heavy atom. The molecular formula is C12H9Br2FS. The van der Waals surface area contributed by atoms with Crippen molar-refractivity contribution in [3.8, 4) is 0 Å². The maximum atomic E-state index is 13.2. The molecule has 0 aliphatic heterocycles. The van der Waals surface area contributed by atoms with E-state index in [0.717, 1.165) is 14.9 Å². The summed E-state index contributed by atoms with van der Waals surface area (Å²) < 4.78 is 14.3. The Morgan fingerprint density at radius 2 is 2.00 bits per heavy atom. The Kier molecular flexibility index (Phi) is 3.82. The summed E-state index contributed by atoms with van der Waals surface area (Å²) in [6.45, 7) is 1.99. The maximum absolute atomic E-state index is 13.2. The molecule has 0 spiro atoms. The number of alkyl halides is 1. The van der Waals surface area contributed by atoms with Gasteiger partial charge in [-0.15, -0.1) is 11.3 Å². The van der Waals surface area contributed by atoms with Crippen molar-refractivity contribution in [1.82, 2.24) is 0 Å². The molecule has 1 unspecified atom stereocenters. The molecule has 2 rings (SSSR count). The molecule has 16 heavy (non-hydrogen) atoms. The normalized spacial score (nSPS) is 12.8. The number of halogens is 3. The van der Waals surface area contributed by atoms with E-state index in [2.05, 4.69) is 31.9 Å². The predicted molar refractivity (Wildman–Crippen MR) is 73.9 cm³/mol. The number of hydrogen-bond acceptors (Lipinski definition) is 1. The third-order valence-corrected chi connectivity index (χ3v) is 5.34. The fourth-order valence-electron chi connectivity index (χ4n) is 1.50. The zero-order valence-electron chi connectivity index (χ0n) is 8.51. The molecule has 0 nitrogen and oxygen atoms in total. The molecule has 1 heterocycles. The Morgan fingerprint density at radius 1 is 1.25 bits per heavy atom. The second-order valence-electron chi connectivity index (χ2n) is 3.51. The average molecular weight is 364 g/mol. The molecule has 0 bridgehead atoms. The van der Waals surface area contributed by atoms with E-state index >= 15 is 0 Å². The summed E-state index contributed by atoms with van der Waals surface area (Å²) in [6, 6.07) is 8.92. The van der Waals surface area contributed by atoms with E-state index in [1.54, 1.807) is 17.4 Å². The molecule has 0 saturated carbocycles. The van der Waals surface area contributed by atoms with Gasteiger partial charge in [-0.2, -0.15) is 0 Å². The van der Waals surface area contributed by atoms with Crippen molar-refractivity contribution in [3.05, 3.63) is 55.9 Å². The zero-order chi connectivity index (χ0) is 11.7. The Balaban J connectivity index is 2.40. The van der Waals surface area contributed by atoms with Gasteiger partial charge in [-0.3, -0.25) is 0 Å². The van der Waals surface area contributed by atoms with Crippen LogP contribution in [0.3, 0.4) is 0 Å². The van der Waals surface area contributed by atoms with E-state index in [4.69, 9.17) is 0 Å². The Labute approximate surface area is 115 Å². The van der Waals surface area contributed by atoms with Crippen molar-refractivity contribution in [1.29, 1.82) is 0 Å². The van der Waals surface area contributed by atoms with Gasteiger partial charge in [-0.1, -0.05) is 22.0 Å². The van der Waals surface area contributed by atoms with Crippen molar-refractivity contribution >= 4 is 43.2 Å². The first-order chi connectivity index (χ1) is 7.58. The number of aryl methyl sites for hydroxylation is 1. The van der Waals surface area contributed by atoms with Gasteiger partial charge in [-0.05, 0) is 58.2 Å². The van der Waals surface area contributed by atoms with Crippen LogP contribution in [-0.2, 0) is 0 Å². The summed E-state index contributed by atoms with van der Waals surface area (Å²) in [4.78, 5) is 1.22. The Bertz CT molecular complexity index is 507. The largest absolute Gasteiger partial charge is 0.207 e. The van der Waals surface area contributed by atoms with Gasteiger partial charge in [0, 0.05) is 4.88 Å². The molecule has 0 aliphatic rings. The van der Waals surface area contributed by atoms with Gasteiger partial charge in [0.15, 0.2) is 0 Å². The summed E-state index contributed by atoms with van der Waals surface area (Å²) >= 11 is 8.70. The minimum Gasteiger partial charge on any atom is -0.207 e. The highest BCUT2D eigenvalue weighted by atomic mass is 79.9. The lowest BCUT2D eigenvalue weighted by atomic mass is 10.0. The quantitative estimate of drug-likeness (QED) is 0.623. The van der Waals surface area contributed by atoms with Crippen molar-refractivity contribution in [2.75, 3.05) is 0 Å². The molecule has 0 aliphatic carbocycles. The van der Waals surface area contributed by atoms with Gasteiger partial charge >= 0.3 is 0 Å². The number of rotatable bonds is 2. The number of hydrogen-bond donors (Lipinski definition) is 0. The third kappa shape index (κ3) is 2.55. The van der Waals surface area contributed by atoms with Crippen LogP contribution in [0.25, 0.3) is 0 Å². The fourth-order valence-corrected chi connectivity index (χ4v) is 3.85. The molecular weight excluding hydrogens is 355 g/mol. The molecule has 2 aromatic rings. The van der Waals surface area contributed by atoms with Crippen molar-refractivity contribution in [3.63, 3.8) is 0 Å². The minimum atomic E-state index is -0.194. The van der Waals surface area contributed by atoms with E-state index in [1.165, 1.54) is 10.9 Å². The van der Waals surface area contributed by atoms with Crippen molar-refractivity contribution in [2.45, 2.75) is 11.8 Å². The van der Waals surface area contributed by atoms with Crippen molar-refractivity contribution < 1.29 is 4.39 Å². The summed E-state index contributed by atoms with van der Waals surface area (Å²) in [6.07, 6.45) is 0. The molecule has 4 heteroatoms. The molecule has 1 aromatic carbocycles. The van der Waals surface area contributed by atoms with Crippen LogP contribution >= 0.6 is 43.2 Å². The fraction of sp³-hybridized carbons (Fsp3) is 0.167. The van der Waals surface area contributed by atoms with Gasteiger partial charge in [0.1, 0.15) is 5.82 Å². The first-order valence-electron chi connectivity index (χ1n) is 4.73. The van der Waals surface area contributed by atoms with Crippen molar-refractivity contribution in [2.24, 2.45) is 0 Å². The van der Waals surface area contributed by atoms with Crippen LogP contribution in [0.1, 0.15) is 20.8 Å². The molecule has 0 saturated heterocycles. The summed E-state index contributed by atoms with van der Waals surface area (Å²) in [5, 5.41) is 0. The van der Waals surface area contributed by atoms with E-state index < -0.39 is 0 Å². The van der Waals surface area contributed by atoms with Gasteiger partial charge in [0.05, 0.1) is 8.61 Å². The van der Waals surface area contributed by atoms with E-state index in [9.17, 15) is 4.39 Å². The van der Waals surface area contributed by atoms with Gasteiger partial charge < -0.3 is 0 Å². The van der Waals surface area contributed by atoms with Crippen LogP contribution in [0.4, 0.5) is 4.39 Å². The topological polar surface area (TPSA) is 0 Å². The number of benzene rings is 1. The smallest absolute Gasteiger partial charge is 0.123 e. The van der Waals surface area contributed by atoms with Crippen LogP contribution in [0.5, 0.6) is 0 Å². The summed E-state index contributed by atoms with van der Waals surface area (Å²) in [7, 11) is 0. The molecule has 0 N–H and O–H groups in total. The van der Waals surface area contributed by atoms with Gasteiger partial charge in [0.25, 0.3) is 0 Å². The second kappa shape index (κ2) is 4.98. The van der Waals surface area contributed by atoms with E-state index in [-0.39, 0.29) is 10.6 Å². The third-order valence-electron chi connectivity index (χ3n) is 2.36. The second-order valence-corrected chi connectivity index (χ2v) is 6.92. The lowest BCUT2D eigenvalue weighted by molar-refractivity contribution is 0.625. The highest BCUT2D eigenvalue weighted by Gasteiger charge is 2.15. The maximum Gasteiger partial charge on any atom is 0.123 e. The minimum absolute atomic E-state index is 0.0551. The molecule has 1 aromatic heterocycles. The highest BCUT2D eigenvalue weighted by molar-refractivity contribution is 9.11. The summed E-state index contributed by atoms with van der Waals surface area (Å²) in [5.74, 6) is -0.194. The lowest BCUT2D eigenvalue weighted by Crippen LogP contribution is -1.94. The van der Waals surface area contributed by atoms with Crippen LogP contribution in [-0.4, -0.2) is 0 Å². The average Bonchev–Trinajstić information content (AvgIpc) is 2.67. The van der Waals surface area contributed by atoms with Crippen LogP contribution < -0.4 is 0 Å². The van der Waals surface area contributed by atoms with Crippen LogP contribution in [0, 0.1) is 12.7 Å². The van der Waals surface area contributed by atoms with Crippen LogP contribution in [0.2, 0.25) is 0 Å². The summed E-state index contributed by atoms with van der Waals surface area (Å²) in [5.41, 5.74) is 2.07. The number of thiophene rings is 1. The Hall–Kier alpha value is -0.190. The standard InChI is InChI=1S/C12H9Br2FS/c1-7-2-3-8(15)6-9(7)12(14)10-4-5-11(13)16-10/h2-6,12H,1H3. The highest BCUT2D eigenvalue weighted by Crippen LogP contribution is 2.38. The molecule has 0 radical (unpaired) electrons. The molecule has 0 amide bonds. The predicted octanol–water partition coefficient (Wildman–Crippen LogP) is 5.44. The SMILES string of the molecule is Cc1ccc(F)cc1C(Br)c1ccc(Br)s1. The first-order valence-corrected chi connectivity index (χ1v) is 7.26.